The summed E-state index contributed by atoms with van der Waals surface area (Å²) in [5.41, 5.74) is 14.3. The van der Waals surface area contributed by atoms with E-state index in [4.69, 9.17) is 11.5 Å². The molecule has 3 rings (SSSR count). The van der Waals surface area contributed by atoms with Gasteiger partial charge in [-0.3, -0.25) is 9.69 Å². The standard InChI is InChI=1S/C21H22N4O2S/c1-25(12-14-5-3-2-4-6-14)13-15-7-9-16(10-8-15)18-11-17(24-21(23)27)19(28-18)20(22)26/h2-11H,12-13H2,1H3,(H2,22,26)(H3,23,24,27). The zero-order chi connectivity index (χ0) is 20.1. The van der Waals surface area contributed by atoms with E-state index < -0.39 is 11.9 Å². The van der Waals surface area contributed by atoms with Crippen molar-refractivity contribution in [1.82, 2.24) is 4.90 Å². The van der Waals surface area contributed by atoms with Crippen LogP contribution in [0.25, 0.3) is 10.4 Å². The molecule has 0 fully saturated rings. The number of rotatable bonds is 7. The van der Waals surface area contributed by atoms with E-state index in [-0.39, 0.29) is 4.88 Å². The van der Waals surface area contributed by atoms with Crippen LogP contribution >= 0.6 is 11.3 Å². The van der Waals surface area contributed by atoms with Gasteiger partial charge in [-0.2, -0.15) is 0 Å². The summed E-state index contributed by atoms with van der Waals surface area (Å²) in [6, 6.07) is 19.4. The van der Waals surface area contributed by atoms with Crippen molar-refractivity contribution >= 4 is 29.0 Å². The Morgan fingerprint density at radius 2 is 1.57 bits per heavy atom. The van der Waals surface area contributed by atoms with E-state index in [0.717, 1.165) is 23.5 Å². The molecule has 2 aromatic carbocycles. The van der Waals surface area contributed by atoms with Crippen LogP contribution in [0.2, 0.25) is 0 Å². The number of amides is 3. The van der Waals surface area contributed by atoms with E-state index in [9.17, 15) is 9.59 Å². The third-order valence-electron chi connectivity index (χ3n) is 4.20. The fraction of sp³-hybridized carbons (Fsp3) is 0.143. The molecule has 0 atom stereocenters. The molecular weight excluding hydrogens is 372 g/mol. The fourth-order valence-corrected chi connectivity index (χ4v) is 3.95. The van der Waals surface area contributed by atoms with Crippen molar-refractivity contribution in [2.75, 3.05) is 12.4 Å². The Kier molecular flexibility index (Phi) is 6.08. The van der Waals surface area contributed by atoms with Crippen molar-refractivity contribution in [3.8, 4) is 10.4 Å². The number of anilines is 1. The lowest BCUT2D eigenvalue weighted by Crippen LogP contribution is -2.21. The van der Waals surface area contributed by atoms with E-state index in [1.54, 1.807) is 6.07 Å². The van der Waals surface area contributed by atoms with E-state index in [1.807, 2.05) is 30.3 Å². The molecule has 1 aromatic heterocycles. The number of primary amides is 2. The quantitative estimate of drug-likeness (QED) is 0.570. The molecule has 0 unspecified atom stereocenters. The molecule has 0 radical (unpaired) electrons. The highest BCUT2D eigenvalue weighted by Gasteiger charge is 2.16. The van der Waals surface area contributed by atoms with E-state index >= 15 is 0 Å². The maximum Gasteiger partial charge on any atom is 0.316 e. The monoisotopic (exact) mass is 394 g/mol. The molecule has 0 aliphatic rings. The summed E-state index contributed by atoms with van der Waals surface area (Å²) in [6.07, 6.45) is 0. The van der Waals surface area contributed by atoms with Crippen molar-refractivity contribution in [3.63, 3.8) is 0 Å². The van der Waals surface area contributed by atoms with Crippen molar-refractivity contribution < 1.29 is 9.59 Å². The number of hydrogen-bond acceptors (Lipinski definition) is 4. The number of nitrogens with one attached hydrogen (secondary N) is 1. The second-order valence-corrected chi connectivity index (χ2v) is 7.61. The van der Waals surface area contributed by atoms with Crippen molar-refractivity contribution in [2.24, 2.45) is 11.5 Å². The summed E-state index contributed by atoms with van der Waals surface area (Å²) in [5.74, 6) is -0.598. The summed E-state index contributed by atoms with van der Waals surface area (Å²) in [6.45, 7) is 1.69. The Morgan fingerprint density at radius 3 is 2.14 bits per heavy atom. The van der Waals surface area contributed by atoms with E-state index in [2.05, 4.69) is 41.5 Å². The first-order valence-electron chi connectivity index (χ1n) is 8.74. The average molecular weight is 395 g/mol. The summed E-state index contributed by atoms with van der Waals surface area (Å²) < 4.78 is 0. The van der Waals surface area contributed by atoms with Crippen LogP contribution in [0.5, 0.6) is 0 Å². The number of urea groups is 1. The Balaban J connectivity index is 1.72. The summed E-state index contributed by atoms with van der Waals surface area (Å²) in [7, 11) is 2.08. The Hall–Kier alpha value is -3.16. The van der Waals surface area contributed by atoms with Gasteiger partial charge in [0, 0.05) is 18.0 Å². The first kappa shape index (κ1) is 19.6. The van der Waals surface area contributed by atoms with Crippen LogP contribution in [0.15, 0.2) is 60.7 Å². The smallest absolute Gasteiger partial charge is 0.316 e. The normalized spacial score (nSPS) is 10.8. The van der Waals surface area contributed by atoms with Crippen LogP contribution in [0.1, 0.15) is 20.8 Å². The predicted octanol–water partition coefficient (Wildman–Crippen LogP) is 3.64. The second-order valence-electron chi connectivity index (χ2n) is 6.56. The number of thiophene rings is 1. The zero-order valence-electron chi connectivity index (χ0n) is 15.5. The summed E-state index contributed by atoms with van der Waals surface area (Å²) >= 11 is 1.23. The molecule has 0 aliphatic carbocycles. The summed E-state index contributed by atoms with van der Waals surface area (Å²) in [5, 5.41) is 2.45. The van der Waals surface area contributed by atoms with Crippen LogP contribution in [-0.2, 0) is 13.1 Å². The average Bonchev–Trinajstić information content (AvgIpc) is 3.06. The lowest BCUT2D eigenvalue weighted by molar-refractivity contribution is 0.100. The lowest BCUT2D eigenvalue weighted by atomic mass is 10.1. The topological polar surface area (TPSA) is 101 Å². The van der Waals surface area contributed by atoms with Gasteiger partial charge in [-0.15, -0.1) is 11.3 Å². The highest BCUT2D eigenvalue weighted by Crippen LogP contribution is 2.34. The zero-order valence-corrected chi connectivity index (χ0v) is 16.3. The second kappa shape index (κ2) is 8.69. The molecule has 0 bridgehead atoms. The van der Waals surface area contributed by atoms with Crippen LogP contribution < -0.4 is 16.8 Å². The molecule has 5 N–H and O–H groups in total. The number of carbonyl (C=O) groups is 2. The highest BCUT2D eigenvalue weighted by molar-refractivity contribution is 7.18. The van der Waals surface area contributed by atoms with Gasteiger partial charge in [-0.1, -0.05) is 54.6 Å². The molecule has 28 heavy (non-hydrogen) atoms. The number of carbonyl (C=O) groups excluding carboxylic acids is 2. The van der Waals surface area contributed by atoms with Gasteiger partial charge >= 0.3 is 6.03 Å². The Morgan fingerprint density at radius 1 is 0.964 bits per heavy atom. The lowest BCUT2D eigenvalue weighted by Gasteiger charge is -2.17. The maximum atomic E-state index is 11.6. The van der Waals surface area contributed by atoms with Crippen LogP contribution in [0, 0.1) is 0 Å². The van der Waals surface area contributed by atoms with Crippen molar-refractivity contribution in [2.45, 2.75) is 13.1 Å². The first-order valence-corrected chi connectivity index (χ1v) is 9.56. The third-order valence-corrected chi connectivity index (χ3v) is 5.40. The molecule has 0 saturated carbocycles. The minimum atomic E-state index is -0.733. The van der Waals surface area contributed by atoms with Gasteiger partial charge in [-0.25, -0.2) is 4.79 Å². The molecule has 3 aromatic rings. The molecule has 144 valence electrons. The largest absolute Gasteiger partial charge is 0.365 e. The molecular formula is C21H22N4O2S. The van der Waals surface area contributed by atoms with Gasteiger partial charge in [0.1, 0.15) is 4.88 Å². The number of nitrogens with zero attached hydrogens (tertiary/aromatic N) is 1. The molecule has 0 saturated heterocycles. The third kappa shape index (κ3) is 4.97. The van der Waals surface area contributed by atoms with E-state index in [0.29, 0.717) is 5.69 Å². The summed E-state index contributed by atoms with van der Waals surface area (Å²) in [4.78, 5) is 26.1. The molecule has 3 amide bonds. The highest BCUT2D eigenvalue weighted by atomic mass is 32.1. The van der Waals surface area contributed by atoms with Crippen LogP contribution in [-0.4, -0.2) is 23.9 Å². The van der Waals surface area contributed by atoms with E-state index in [1.165, 1.54) is 22.5 Å². The van der Waals surface area contributed by atoms with Crippen LogP contribution in [0.3, 0.4) is 0 Å². The van der Waals surface area contributed by atoms with Gasteiger partial charge in [0.25, 0.3) is 5.91 Å². The first-order chi connectivity index (χ1) is 13.4. The Labute approximate surface area is 167 Å². The van der Waals surface area contributed by atoms with Crippen molar-refractivity contribution in [3.05, 3.63) is 76.7 Å². The number of benzene rings is 2. The Bertz CT molecular complexity index is 968. The van der Waals surface area contributed by atoms with Gasteiger partial charge in [-0.05, 0) is 29.8 Å². The van der Waals surface area contributed by atoms with Gasteiger partial charge in [0.2, 0.25) is 0 Å². The molecule has 6 nitrogen and oxygen atoms in total. The van der Waals surface area contributed by atoms with Gasteiger partial charge < -0.3 is 16.8 Å². The molecule has 0 aliphatic heterocycles. The van der Waals surface area contributed by atoms with Crippen LogP contribution in [0.4, 0.5) is 10.5 Å². The fourth-order valence-electron chi connectivity index (χ4n) is 2.98. The minimum absolute atomic E-state index is 0.278. The maximum absolute atomic E-state index is 11.6. The molecule has 0 spiro atoms. The van der Waals surface area contributed by atoms with Crippen molar-refractivity contribution in [1.29, 1.82) is 0 Å². The van der Waals surface area contributed by atoms with Gasteiger partial charge in [0.15, 0.2) is 0 Å². The minimum Gasteiger partial charge on any atom is -0.365 e. The van der Waals surface area contributed by atoms with Gasteiger partial charge in [0.05, 0.1) is 5.69 Å². The number of nitrogens with two attached hydrogens (primary N) is 2. The predicted molar refractivity (Wildman–Crippen MR) is 113 cm³/mol. The SMILES string of the molecule is CN(Cc1ccccc1)Cc1ccc(-c2cc(NC(N)=O)c(C(N)=O)s2)cc1. The number of hydrogen-bond donors (Lipinski definition) is 3. The molecule has 1 heterocycles. The molecule has 7 heteroatoms.